The maximum Gasteiger partial charge on any atom is 0.127 e. The summed E-state index contributed by atoms with van der Waals surface area (Å²) in [6.45, 7) is 4.05. The summed E-state index contributed by atoms with van der Waals surface area (Å²) in [5.41, 5.74) is 1.22. The van der Waals surface area contributed by atoms with Gasteiger partial charge in [-0.25, -0.2) is 4.98 Å². The molecule has 0 aromatic carbocycles. The summed E-state index contributed by atoms with van der Waals surface area (Å²) in [5.74, 6) is 2.10. The molecule has 0 atom stereocenters. The molecule has 0 saturated carbocycles. The molecule has 15 heavy (non-hydrogen) atoms. The van der Waals surface area contributed by atoms with Crippen molar-refractivity contribution in [2.24, 2.45) is 0 Å². The third-order valence-corrected chi connectivity index (χ3v) is 2.76. The largest absolute Gasteiger partial charge is 0.374 e. The summed E-state index contributed by atoms with van der Waals surface area (Å²) in [4.78, 5) is 6.50. The van der Waals surface area contributed by atoms with Crippen LogP contribution in [0.2, 0.25) is 0 Å². The molecule has 0 aliphatic carbocycles. The van der Waals surface area contributed by atoms with Crippen molar-refractivity contribution in [3.8, 4) is 0 Å². The van der Waals surface area contributed by atoms with E-state index in [-0.39, 0.29) is 0 Å². The summed E-state index contributed by atoms with van der Waals surface area (Å²) < 4.78 is 0. The molecule has 3 nitrogen and oxygen atoms in total. The second-order valence-electron chi connectivity index (χ2n) is 3.34. The Balaban J connectivity index is 2.62. The maximum atomic E-state index is 4.25. The maximum absolute atomic E-state index is 4.25. The molecule has 1 rings (SSSR count). The number of aromatic nitrogens is 1. The van der Waals surface area contributed by atoms with E-state index in [1.54, 1.807) is 0 Å². The first-order valence-corrected chi connectivity index (χ1v) is 6.57. The van der Waals surface area contributed by atoms with Gasteiger partial charge in [-0.15, -0.1) is 0 Å². The molecule has 0 spiro atoms. The highest BCUT2D eigenvalue weighted by atomic mass is 32.2. The van der Waals surface area contributed by atoms with Gasteiger partial charge in [-0.1, -0.05) is 0 Å². The quantitative estimate of drug-likeness (QED) is 0.804. The van der Waals surface area contributed by atoms with Crippen LogP contribution in [0, 0.1) is 0 Å². The van der Waals surface area contributed by atoms with E-state index in [1.807, 2.05) is 24.0 Å². The highest BCUT2D eigenvalue weighted by Gasteiger charge is 2.01. The van der Waals surface area contributed by atoms with Crippen LogP contribution in [-0.4, -0.2) is 37.1 Å². The Morgan fingerprint density at radius 1 is 1.53 bits per heavy atom. The van der Waals surface area contributed by atoms with Crippen molar-refractivity contribution in [3.05, 3.63) is 18.3 Å². The Labute approximate surface area is 96.3 Å². The summed E-state index contributed by atoms with van der Waals surface area (Å²) in [7, 11) is 2.11. The fourth-order valence-corrected chi connectivity index (χ4v) is 1.75. The zero-order valence-corrected chi connectivity index (χ0v) is 10.5. The van der Waals surface area contributed by atoms with Crippen LogP contribution in [0.1, 0.15) is 6.92 Å². The molecule has 0 saturated heterocycles. The Bertz CT molecular complexity index is 291. The normalized spacial score (nSPS) is 10.1. The fourth-order valence-electron chi connectivity index (χ4n) is 1.29. The molecule has 4 heteroatoms. The number of nitrogens with one attached hydrogen (secondary N) is 1. The molecule has 1 aromatic rings. The zero-order valence-electron chi connectivity index (χ0n) is 9.66. The van der Waals surface area contributed by atoms with Gasteiger partial charge in [-0.2, -0.15) is 11.8 Å². The van der Waals surface area contributed by atoms with Crippen LogP contribution < -0.4 is 10.2 Å². The number of pyridine rings is 1. The van der Waals surface area contributed by atoms with E-state index in [4.69, 9.17) is 0 Å². The Kier molecular flexibility index (Phi) is 5.32. The Morgan fingerprint density at radius 3 is 3.00 bits per heavy atom. The zero-order chi connectivity index (χ0) is 11.1. The highest BCUT2D eigenvalue weighted by Crippen LogP contribution is 2.15. The lowest BCUT2D eigenvalue weighted by Crippen LogP contribution is -2.20. The standard InChI is InChI=1S/C11H19N3S/c1-4-12-11-9-10(5-6-13-11)14(2)7-8-15-3/h5-6,9H,4,7-8H2,1-3H3,(H,12,13). The van der Waals surface area contributed by atoms with Gasteiger partial charge < -0.3 is 10.2 Å². The van der Waals surface area contributed by atoms with Crippen LogP contribution in [-0.2, 0) is 0 Å². The van der Waals surface area contributed by atoms with Crippen molar-refractivity contribution in [3.63, 3.8) is 0 Å². The van der Waals surface area contributed by atoms with Crippen molar-refractivity contribution in [1.29, 1.82) is 0 Å². The van der Waals surface area contributed by atoms with Gasteiger partial charge in [0.05, 0.1) is 0 Å². The van der Waals surface area contributed by atoms with Gasteiger partial charge in [0.15, 0.2) is 0 Å². The average Bonchev–Trinajstić information content (AvgIpc) is 2.27. The van der Waals surface area contributed by atoms with Gasteiger partial charge in [0.1, 0.15) is 5.82 Å². The van der Waals surface area contributed by atoms with Gasteiger partial charge in [-0.3, -0.25) is 0 Å². The van der Waals surface area contributed by atoms with Crippen molar-refractivity contribution in [2.45, 2.75) is 6.92 Å². The summed E-state index contributed by atoms with van der Waals surface area (Å²) in [5, 5.41) is 3.22. The minimum absolute atomic E-state index is 0.908. The summed E-state index contributed by atoms with van der Waals surface area (Å²) >= 11 is 1.87. The molecule has 1 heterocycles. The third-order valence-electron chi connectivity index (χ3n) is 2.17. The lowest BCUT2D eigenvalue weighted by atomic mass is 10.3. The van der Waals surface area contributed by atoms with Crippen molar-refractivity contribution in [2.75, 3.05) is 42.4 Å². The predicted octanol–water partition coefficient (Wildman–Crippen LogP) is 2.31. The molecule has 0 bridgehead atoms. The molecule has 0 aliphatic rings. The molecular formula is C11H19N3S. The number of nitrogens with zero attached hydrogens (tertiary/aromatic N) is 2. The van der Waals surface area contributed by atoms with Crippen LogP contribution in [0.3, 0.4) is 0 Å². The average molecular weight is 225 g/mol. The van der Waals surface area contributed by atoms with E-state index < -0.39 is 0 Å². The Hall–Kier alpha value is -0.900. The minimum Gasteiger partial charge on any atom is -0.374 e. The first-order valence-electron chi connectivity index (χ1n) is 5.18. The van der Waals surface area contributed by atoms with Crippen LogP contribution in [0.5, 0.6) is 0 Å². The van der Waals surface area contributed by atoms with Crippen LogP contribution >= 0.6 is 11.8 Å². The SMILES string of the molecule is CCNc1cc(N(C)CCSC)ccn1. The molecular weight excluding hydrogens is 206 g/mol. The second-order valence-corrected chi connectivity index (χ2v) is 4.33. The van der Waals surface area contributed by atoms with Crippen molar-refractivity contribution < 1.29 is 0 Å². The van der Waals surface area contributed by atoms with E-state index >= 15 is 0 Å². The molecule has 0 fully saturated rings. The number of hydrogen-bond acceptors (Lipinski definition) is 4. The summed E-state index contributed by atoms with van der Waals surface area (Å²) in [6, 6.07) is 4.13. The van der Waals surface area contributed by atoms with E-state index in [9.17, 15) is 0 Å². The number of thioether (sulfide) groups is 1. The third kappa shape index (κ3) is 4.00. The van der Waals surface area contributed by atoms with Crippen LogP contribution in [0.15, 0.2) is 18.3 Å². The fraction of sp³-hybridized carbons (Fsp3) is 0.545. The first kappa shape index (κ1) is 12.2. The van der Waals surface area contributed by atoms with Crippen molar-refractivity contribution in [1.82, 2.24) is 4.98 Å². The Morgan fingerprint density at radius 2 is 2.33 bits per heavy atom. The molecule has 1 N–H and O–H groups in total. The van der Waals surface area contributed by atoms with E-state index in [0.717, 1.165) is 24.7 Å². The molecule has 0 amide bonds. The highest BCUT2D eigenvalue weighted by molar-refractivity contribution is 7.98. The second kappa shape index (κ2) is 6.56. The van der Waals surface area contributed by atoms with Gasteiger partial charge in [0, 0.05) is 43.8 Å². The molecule has 84 valence electrons. The predicted molar refractivity (Wildman–Crippen MR) is 70.1 cm³/mol. The summed E-state index contributed by atoms with van der Waals surface area (Å²) in [6.07, 6.45) is 3.98. The number of rotatable bonds is 6. The van der Waals surface area contributed by atoms with E-state index in [0.29, 0.717) is 0 Å². The lowest BCUT2D eigenvalue weighted by molar-refractivity contribution is 0.974. The van der Waals surface area contributed by atoms with Crippen LogP contribution in [0.4, 0.5) is 11.5 Å². The van der Waals surface area contributed by atoms with Gasteiger partial charge in [0.25, 0.3) is 0 Å². The molecule has 0 aliphatic heterocycles. The van der Waals surface area contributed by atoms with Crippen LogP contribution in [0.25, 0.3) is 0 Å². The van der Waals surface area contributed by atoms with E-state index in [1.165, 1.54) is 5.69 Å². The van der Waals surface area contributed by atoms with E-state index in [2.05, 4.69) is 41.5 Å². The number of anilines is 2. The van der Waals surface area contributed by atoms with Crippen molar-refractivity contribution >= 4 is 23.3 Å². The van der Waals surface area contributed by atoms with Gasteiger partial charge in [0.2, 0.25) is 0 Å². The first-order chi connectivity index (χ1) is 7.27. The lowest BCUT2D eigenvalue weighted by Gasteiger charge is -2.19. The van der Waals surface area contributed by atoms with Gasteiger partial charge in [-0.05, 0) is 19.2 Å². The minimum atomic E-state index is 0.908. The topological polar surface area (TPSA) is 28.2 Å². The molecule has 0 unspecified atom stereocenters. The number of hydrogen-bond donors (Lipinski definition) is 1. The van der Waals surface area contributed by atoms with Gasteiger partial charge >= 0.3 is 0 Å². The smallest absolute Gasteiger partial charge is 0.127 e. The molecule has 1 aromatic heterocycles. The monoisotopic (exact) mass is 225 g/mol. The molecule has 0 radical (unpaired) electrons.